The number of hydrogen-bond donors (Lipinski definition) is 0. The Morgan fingerprint density at radius 3 is 2.24 bits per heavy atom. The van der Waals surface area contributed by atoms with Crippen molar-refractivity contribution in [2.24, 2.45) is 0 Å². The van der Waals surface area contributed by atoms with E-state index in [1.807, 2.05) is 0 Å². The standard InChI is InChI=1S/C22H18N2O8S/c1-31-21(25)17-10-6-7-13-23(20(17)22(26)32-2)15-11-12-19(18(14-15)24(27)28)33(29,30)16-8-4-3-5-9-16/h3-14H,1-2H3. The first-order valence-electron chi connectivity index (χ1n) is 9.36. The zero-order chi connectivity index (χ0) is 24.2. The lowest BCUT2D eigenvalue weighted by atomic mass is 10.1. The highest BCUT2D eigenvalue weighted by Crippen LogP contribution is 2.35. The number of benzene rings is 2. The van der Waals surface area contributed by atoms with Gasteiger partial charge >= 0.3 is 11.9 Å². The van der Waals surface area contributed by atoms with Gasteiger partial charge in [-0.15, -0.1) is 0 Å². The van der Waals surface area contributed by atoms with Crippen molar-refractivity contribution in [2.45, 2.75) is 9.79 Å². The number of ether oxygens (including phenoxy) is 2. The van der Waals surface area contributed by atoms with Gasteiger partial charge in [-0.05, 0) is 36.4 Å². The molecule has 0 unspecified atom stereocenters. The van der Waals surface area contributed by atoms with Crippen LogP contribution in [0.1, 0.15) is 0 Å². The molecular weight excluding hydrogens is 452 g/mol. The number of carbonyl (C=O) groups is 2. The van der Waals surface area contributed by atoms with Crippen molar-refractivity contribution < 1.29 is 32.4 Å². The van der Waals surface area contributed by atoms with E-state index in [1.54, 1.807) is 6.07 Å². The summed E-state index contributed by atoms with van der Waals surface area (Å²) in [5.41, 5.74) is -1.07. The first-order chi connectivity index (χ1) is 15.7. The topological polar surface area (TPSA) is 133 Å². The van der Waals surface area contributed by atoms with Crippen LogP contribution in [-0.4, -0.2) is 39.5 Å². The van der Waals surface area contributed by atoms with Gasteiger partial charge in [0.2, 0.25) is 9.84 Å². The lowest BCUT2D eigenvalue weighted by Crippen LogP contribution is -2.27. The minimum absolute atomic E-state index is 0.0514. The molecule has 0 bridgehead atoms. The first kappa shape index (κ1) is 23.4. The molecule has 33 heavy (non-hydrogen) atoms. The maximum absolute atomic E-state index is 13.0. The average Bonchev–Trinajstić information content (AvgIpc) is 3.06. The number of nitrogens with zero attached hydrogens (tertiary/aromatic N) is 2. The summed E-state index contributed by atoms with van der Waals surface area (Å²) >= 11 is 0. The fourth-order valence-electron chi connectivity index (χ4n) is 3.12. The Bertz CT molecular complexity index is 1310. The Kier molecular flexibility index (Phi) is 6.73. The summed E-state index contributed by atoms with van der Waals surface area (Å²) in [6, 6.07) is 10.7. The summed E-state index contributed by atoms with van der Waals surface area (Å²) in [5, 5.41) is 11.8. The smallest absolute Gasteiger partial charge is 0.355 e. The Morgan fingerprint density at radius 2 is 1.64 bits per heavy atom. The molecule has 10 nitrogen and oxygen atoms in total. The number of nitro benzene ring substituents is 1. The predicted molar refractivity (Wildman–Crippen MR) is 117 cm³/mol. The molecule has 0 aromatic heterocycles. The molecule has 170 valence electrons. The minimum Gasteiger partial charge on any atom is -0.465 e. The number of hydrogen-bond acceptors (Lipinski definition) is 9. The van der Waals surface area contributed by atoms with E-state index in [2.05, 4.69) is 0 Å². The third kappa shape index (κ3) is 4.53. The van der Waals surface area contributed by atoms with Crippen LogP contribution < -0.4 is 4.90 Å². The second kappa shape index (κ2) is 9.49. The van der Waals surface area contributed by atoms with Crippen molar-refractivity contribution >= 4 is 33.2 Å². The Labute approximate surface area is 189 Å². The SMILES string of the molecule is COC(=O)C1=C(C(=O)OC)N(c2ccc(S(=O)(=O)c3ccccc3)c([N+](=O)[O-])c2)C=CC=C1. The number of allylic oxidation sites excluding steroid dienone is 2. The molecule has 1 heterocycles. The number of esters is 2. The van der Waals surface area contributed by atoms with Gasteiger partial charge in [-0.3, -0.25) is 10.1 Å². The summed E-state index contributed by atoms with van der Waals surface area (Å²) in [6.45, 7) is 0. The van der Waals surface area contributed by atoms with Crippen molar-refractivity contribution in [2.75, 3.05) is 19.1 Å². The zero-order valence-corrected chi connectivity index (χ0v) is 18.3. The van der Waals surface area contributed by atoms with E-state index in [9.17, 15) is 28.1 Å². The Balaban J connectivity index is 2.23. The van der Waals surface area contributed by atoms with Crippen LogP contribution >= 0.6 is 0 Å². The van der Waals surface area contributed by atoms with E-state index < -0.39 is 37.3 Å². The molecule has 0 spiro atoms. The lowest BCUT2D eigenvalue weighted by molar-refractivity contribution is -0.387. The monoisotopic (exact) mass is 470 g/mol. The van der Waals surface area contributed by atoms with Crippen LogP contribution in [0.3, 0.4) is 0 Å². The maximum atomic E-state index is 13.0. The molecule has 0 aliphatic carbocycles. The van der Waals surface area contributed by atoms with E-state index in [-0.39, 0.29) is 21.9 Å². The van der Waals surface area contributed by atoms with Gasteiger partial charge in [-0.1, -0.05) is 24.3 Å². The van der Waals surface area contributed by atoms with Gasteiger partial charge in [0, 0.05) is 12.3 Å². The molecule has 0 saturated heterocycles. The number of nitro groups is 1. The van der Waals surface area contributed by atoms with Crippen LogP contribution in [-0.2, 0) is 28.9 Å². The molecule has 3 rings (SSSR count). The molecule has 0 N–H and O–H groups in total. The van der Waals surface area contributed by atoms with Crippen LogP contribution in [0.25, 0.3) is 0 Å². The van der Waals surface area contributed by atoms with Crippen LogP contribution in [0.5, 0.6) is 0 Å². The second-order valence-electron chi connectivity index (χ2n) is 6.54. The number of sulfone groups is 1. The van der Waals surface area contributed by atoms with Gasteiger partial charge in [-0.25, -0.2) is 18.0 Å². The van der Waals surface area contributed by atoms with Gasteiger partial charge in [0.05, 0.1) is 35.3 Å². The van der Waals surface area contributed by atoms with E-state index in [0.29, 0.717) is 0 Å². The minimum atomic E-state index is -4.20. The third-order valence-corrected chi connectivity index (χ3v) is 6.47. The lowest BCUT2D eigenvalue weighted by Gasteiger charge is -2.23. The zero-order valence-electron chi connectivity index (χ0n) is 17.5. The predicted octanol–water partition coefficient (Wildman–Crippen LogP) is 2.92. The van der Waals surface area contributed by atoms with Crippen LogP contribution in [0.2, 0.25) is 0 Å². The van der Waals surface area contributed by atoms with E-state index in [1.165, 1.54) is 59.7 Å². The molecule has 1 aliphatic rings. The largest absolute Gasteiger partial charge is 0.465 e. The molecule has 0 saturated carbocycles. The van der Waals surface area contributed by atoms with Crippen molar-refractivity contribution in [3.8, 4) is 0 Å². The van der Waals surface area contributed by atoms with E-state index >= 15 is 0 Å². The first-order valence-corrected chi connectivity index (χ1v) is 10.8. The highest BCUT2D eigenvalue weighted by Gasteiger charge is 2.31. The van der Waals surface area contributed by atoms with Gasteiger partial charge in [0.1, 0.15) is 10.6 Å². The van der Waals surface area contributed by atoms with E-state index in [4.69, 9.17) is 9.47 Å². The van der Waals surface area contributed by atoms with Crippen LogP contribution in [0.15, 0.2) is 94.0 Å². The number of rotatable bonds is 6. The Hall–Kier alpha value is -4.25. The van der Waals surface area contributed by atoms with Gasteiger partial charge in [0.15, 0.2) is 0 Å². The summed E-state index contributed by atoms with van der Waals surface area (Å²) < 4.78 is 35.6. The number of anilines is 1. The molecule has 1 aliphatic heterocycles. The fourth-order valence-corrected chi connectivity index (χ4v) is 4.54. The average molecular weight is 470 g/mol. The quantitative estimate of drug-likeness (QED) is 0.355. The summed E-state index contributed by atoms with van der Waals surface area (Å²) in [4.78, 5) is 36.3. The summed E-state index contributed by atoms with van der Waals surface area (Å²) in [6.07, 6.45) is 5.66. The number of methoxy groups -OCH3 is 2. The number of carbonyl (C=O) groups excluding carboxylic acids is 2. The highest BCUT2D eigenvalue weighted by molar-refractivity contribution is 7.91. The van der Waals surface area contributed by atoms with Crippen LogP contribution in [0, 0.1) is 10.1 Å². The van der Waals surface area contributed by atoms with Gasteiger partial charge in [-0.2, -0.15) is 0 Å². The highest BCUT2D eigenvalue weighted by atomic mass is 32.2. The van der Waals surface area contributed by atoms with Crippen molar-refractivity contribution in [3.05, 3.63) is 94.3 Å². The molecule has 0 fully saturated rings. The van der Waals surface area contributed by atoms with Gasteiger partial charge < -0.3 is 14.4 Å². The van der Waals surface area contributed by atoms with Crippen molar-refractivity contribution in [1.82, 2.24) is 0 Å². The van der Waals surface area contributed by atoms with Crippen molar-refractivity contribution in [3.63, 3.8) is 0 Å². The third-order valence-electron chi connectivity index (χ3n) is 4.65. The molecule has 2 aromatic carbocycles. The molecular formula is C22H18N2O8S. The maximum Gasteiger partial charge on any atom is 0.355 e. The summed E-state index contributed by atoms with van der Waals surface area (Å²) in [7, 11) is -1.96. The Morgan fingerprint density at radius 1 is 0.970 bits per heavy atom. The van der Waals surface area contributed by atoms with Crippen molar-refractivity contribution in [1.29, 1.82) is 0 Å². The fraction of sp³-hybridized carbons (Fsp3) is 0.0909. The molecule has 0 amide bonds. The van der Waals surface area contributed by atoms with Crippen LogP contribution in [0.4, 0.5) is 11.4 Å². The van der Waals surface area contributed by atoms with E-state index in [0.717, 1.165) is 26.4 Å². The molecule has 2 aromatic rings. The summed E-state index contributed by atoms with van der Waals surface area (Å²) in [5.74, 6) is -1.74. The molecule has 0 radical (unpaired) electrons. The molecule has 11 heteroatoms. The van der Waals surface area contributed by atoms with Gasteiger partial charge in [0.25, 0.3) is 5.69 Å². The second-order valence-corrected chi connectivity index (χ2v) is 8.46. The normalized spacial score (nSPS) is 13.5. The molecule has 0 atom stereocenters.